The summed E-state index contributed by atoms with van der Waals surface area (Å²) in [6, 6.07) is 4.51. The van der Waals surface area contributed by atoms with E-state index in [1.807, 2.05) is 13.8 Å². The highest BCUT2D eigenvalue weighted by molar-refractivity contribution is 5.67. The number of aliphatic hydroxyl groups is 1. The van der Waals surface area contributed by atoms with E-state index in [1.165, 1.54) is 14.2 Å². The Morgan fingerprint density at radius 1 is 1.24 bits per heavy atom. The van der Waals surface area contributed by atoms with Crippen LogP contribution in [0.5, 0.6) is 11.5 Å². The van der Waals surface area contributed by atoms with Gasteiger partial charge in [-0.15, -0.1) is 0 Å². The first-order valence-electron chi connectivity index (χ1n) is 6.76. The monoisotopic (exact) mass is 297 g/mol. The molecule has 2 atom stereocenters. The van der Waals surface area contributed by atoms with Crippen molar-refractivity contribution < 1.29 is 24.5 Å². The van der Waals surface area contributed by atoms with Crippen molar-refractivity contribution in [3.05, 3.63) is 23.8 Å². The van der Waals surface area contributed by atoms with Crippen molar-refractivity contribution >= 4 is 5.97 Å². The van der Waals surface area contributed by atoms with Gasteiger partial charge in [-0.1, -0.05) is 19.9 Å². The summed E-state index contributed by atoms with van der Waals surface area (Å²) in [5.41, 5.74) is 0.576. The van der Waals surface area contributed by atoms with Crippen molar-refractivity contribution in [3.8, 4) is 11.5 Å². The quantitative estimate of drug-likeness (QED) is 0.675. The molecule has 2 unspecified atom stereocenters. The van der Waals surface area contributed by atoms with E-state index < -0.39 is 18.1 Å². The average Bonchev–Trinajstić information content (AvgIpc) is 2.44. The van der Waals surface area contributed by atoms with E-state index in [0.29, 0.717) is 17.1 Å². The molecule has 6 nitrogen and oxygen atoms in total. The number of aliphatic hydroxyl groups excluding tert-OH is 1. The number of nitrogens with one attached hydrogen (secondary N) is 1. The van der Waals surface area contributed by atoms with Gasteiger partial charge in [0, 0.05) is 12.1 Å². The Labute approximate surface area is 124 Å². The SMILES string of the molecule is COc1ccc(C(O)C(CC(=O)O)NC(C)C)cc1OC. The maximum Gasteiger partial charge on any atom is 0.305 e. The van der Waals surface area contributed by atoms with Gasteiger partial charge in [-0.25, -0.2) is 0 Å². The molecule has 0 saturated carbocycles. The normalized spacial score (nSPS) is 13.8. The number of aliphatic carboxylic acids is 1. The highest BCUT2D eigenvalue weighted by Gasteiger charge is 2.25. The number of ether oxygens (including phenoxy) is 2. The number of methoxy groups -OCH3 is 2. The summed E-state index contributed by atoms with van der Waals surface area (Å²) < 4.78 is 10.3. The highest BCUT2D eigenvalue weighted by Crippen LogP contribution is 2.31. The third-order valence-electron chi connectivity index (χ3n) is 3.07. The molecule has 0 heterocycles. The fraction of sp³-hybridized carbons (Fsp3) is 0.533. The predicted molar refractivity (Wildman–Crippen MR) is 78.8 cm³/mol. The molecule has 118 valence electrons. The summed E-state index contributed by atoms with van der Waals surface area (Å²) in [6.07, 6.45) is -1.13. The van der Waals surface area contributed by atoms with E-state index in [4.69, 9.17) is 14.6 Å². The molecule has 0 bridgehead atoms. The molecule has 1 aromatic rings. The van der Waals surface area contributed by atoms with Crippen LogP contribution in [-0.4, -0.2) is 42.5 Å². The Bertz CT molecular complexity index is 475. The van der Waals surface area contributed by atoms with Crippen molar-refractivity contribution in [2.75, 3.05) is 14.2 Å². The minimum absolute atomic E-state index is 0.0594. The van der Waals surface area contributed by atoms with E-state index in [1.54, 1.807) is 18.2 Å². The molecule has 0 radical (unpaired) electrons. The number of benzene rings is 1. The van der Waals surface area contributed by atoms with Gasteiger partial charge >= 0.3 is 5.97 Å². The second kappa shape index (κ2) is 7.85. The lowest BCUT2D eigenvalue weighted by atomic mass is 9.98. The van der Waals surface area contributed by atoms with Gasteiger partial charge in [0.05, 0.1) is 26.7 Å². The summed E-state index contributed by atoms with van der Waals surface area (Å²) in [7, 11) is 3.04. The first-order valence-corrected chi connectivity index (χ1v) is 6.76. The molecule has 0 aliphatic heterocycles. The second-order valence-electron chi connectivity index (χ2n) is 5.08. The topological polar surface area (TPSA) is 88.0 Å². The number of hydrogen-bond acceptors (Lipinski definition) is 5. The van der Waals surface area contributed by atoms with Crippen LogP contribution in [0.25, 0.3) is 0 Å². The van der Waals surface area contributed by atoms with Gasteiger partial charge in [-0.05, 0) is 17.7 Å². The van der Waals surface area contributed by atoms with Crippen LogP contribution in [-0.2, 0) is 4.79 Å². The average molecular weight is 297 g/mol. The van der Waals surface area contributed by atoms with Crippen LogP contribution in [0.2, 0.25) is 0 Å². The maximum atomic E-state index is 11.0. The number of carboxylic acids is 1. The van der Waals surface area contributed by atoms with E-state index in [9.17, 15) is 9.90 Å². The van der Waals surface area contributed by atoms with E-state index in [-0.39, 0.29) is 12.5 Å². The summed E-state index contributed by atoms with van der Waals surface area (Å²) >= 11 is 0. The van der Waals surface area contributed by atoms with Gasteiger partial charge in [0.15, 0.2) is 11.5 Å². The van der Waals surface area contributed by atoms with Crippen LogP contribution in [0, 0.1) is 0 Å². The third-order valence-corrected chi connectivity index (χ3v) is 3.07. The first-order chi connectivity index (χ1) is 9.88. The van der Waals surface area contributed by atoms with E-state index >= 15 is 0 Å². The maximum absolute atomic E-state index is 11.0. The largest absolute Gasteiger partial charge is 0.493 e. The van der Waals surface area contributed by atoms with Crippen molar-refractivity contribution in [1.29, 1.82) is 0 Å². The van der Waals surface area contributed by atoms with Crippen LogP contribution < -0.4 is 14.8 Å². The fourth-order valence-electron chi connectivity index (χ4n) is 2.15. The van der Waals surface area contributed by atoms with Gasteiger partial charge in [0.1, 0.15) is 0 Å². The molecule has 0 aliphatic rings. The zero-order valence-electron chi connectivity index (χ0n) is 12.8. The van der Waals surface area contributed by atoms with Crippen molar-refractivity contribution in [2.24, 2.45) is 0 Å². The highest BCUT2D eigenvalue weighted by atomic mass is 16.5. The smallest absolute Gasteiger partial charge is 0.305 e. The lowest BCUT2D eigenvalue weighted by molar-refractivity contribution is -0.138. The Morgan fingerprint density at radius 2 is 1.86 bits per heavy atom. The zero-order chi connectivity index (χ0) is 16.0. The molecule has 0 amide bonds. The van der Waals surface area contributed by atoms with Crippen LogP contribution in [0.4, 0.5) is 0 Å². The van der Waals surface area contributed by atoms with Crippen LogP contribution in [0.1, 0.15) is 31.9 Å². The lowest BCUT2D eigenvalue weighted by Gasteiger charge is -2.25. The number of hydrogen-bond donors (Lipinski definition) is 3. The van der Waals surface area contributed by atoms with Crippen LogP contribution in [0.15, 0.2) is 18.2 Å². The second-order valence-corrected chi connectivity index (χ2v) is 5.08. The molecule has 0 aliphatic carbocycles. The third kappa shape index (κ3) is 4.91. The van der Waals surface area contributed by atoms with Crippen molar-refractivity contribution in [2.45, 2.75) is 38.5 Å². The first kappa shape index (κ1) is 17.3. The van der Waals surface area contributed by atoms with Gasteiger partial charge < -0.3 is 25.0 Å². The molecule has 21 heavy (non-hydrogen) atoms. The molecular weight excluding hydrogens is 274 g/mol. The molecule has 1 aromatic carbocycles. The molecule has 6 heteroatoms. The molecular formula is C15H23NO5. The van der Waals surface area contributed by atoms with E-state index in [0.717, 1.165) is 0 Å². The molecule has 0 fully saturated rings. The summed E-state index contributed by atoms with van der Waals surface area (Å²) in [5.74, 6) is 0.0837. The van der Waals surface area contributed by atoms with Gasteiger partial charge in [0.2, 0.25) is 0 Å². The Morgan fingerprint density at radius 3 is 2.33 bits per heavy atom. The van der Waals surface area contributed by atoms with Gasteiger partial charge in [-0.3, -0.25) is 4.79 Å². The van der Waals surface area contributed by atoms with Crippen molar-refractivity contribution in [3.63, 3.8) is 0 Å². The summed E-state index contributed by atoms with van der Waals surface area (Å²) in [6.45, 7) is 3.80. The summed E-state index contributed by atoms with van der Waals surface area (Å²) in [5, 5.41) is 22.5. The number of carboxylic acid groups (broad SMARTS) is 1. The Hall–Kier alpha value is -1.79. The Balaban J connectivity index is 3.01. The summed E-state index contributed by atoms with van der Waals surface area (Å²) in [4.78, 5) is 11.0. The molecule has 0 spiro atoms. The minimum Gasteiger partial charge on any atom is -0.493 e. The van der Waals surface area contributed by atoms with Crippen LogP contribution >= 0.6 is 0 Å². The Kier molecular flexibility index (Phi) is 6.45. The lowest BCUT2D eigenvalue weighted by Crippen LogP contribution is -2.40. The van der Waals surface area contributed by atoms with Crippen molar-refractivity contribution in [1.82, 2.24) is 5.32 Å². The van der Waals surface area contributed by atoms with Crippen LogP contribution in [0.3, 0.4) is 0 Å². The standard InChI is InChI=1S/C15H23NO5/c1-9(2)16-11(8-14(17)18)15(19)10-5-6-12(20-3)13(7-10)21-4/h5-7,9,11,15-16,19H,8H2,1-4H3,(H,17,18). The minimum atomic E-state index is -0.965. The molecule has 0 aromatic heterocycles. The molecule has 1 rings (SSSR count). The van der Waals surface area contributed by atoms with Gasteiger partial charge in [0.25, 0.3) is 0 Å². The fourth-order valence-corrected chi connectivity index (χ4v) is 2.15. The number of carbonyl (C=O) groups is 1. The van der Waals surface area contributed by atoms with E-state index in [2.05, 4.69) is 5.32 Å². The predicted octanol–water partition coefficient (Wildman–Crippen LogP) is 1.58. The van der Waals surface area contributed by atoms with Gasteiger partial charge in [-0.2, -0.15) is 0 Å². The molecule has 3 N–H and O–H groups in total. The number of rotatable bonds is 8. The molecule has 0 saturated heterocycles. The zero-order valence-corrected chi connectivity index (χ0v) is 12.8.